The smallest absolute Gasteiger partial charge is 0.335 e. The van der Waals surface area contributed by atoms with Crippen LogP contribution >= 0.6 is 0 Å². The molecular weight excluding hydrogens is 314 g/mol. The molecule has 0 fully saturated rings. The summed E-state index contributed by atoms with van der Waals surface area (Å²) < 4.78 is 25.7. The van der Waals surface area contributed by atoms with Crippen molar-refractivity contribution >= 4 is 21.7 Å². The van der Waals surface area contributed by atoms with Gasteiger partial charge in [-0.2, -0.15) is 0 Å². The molecule has 0 heterocycles. The molecule has 0 saturated carbocycles. The number of hydrogen-bond acceptors (Lipinski definition) is 3. The summed E-state index contributed by atoms with van der Waals surface area (Å²) in [7, 11) is -3.27. The standard InChI is InChI=1S/C17H19NO4S/c1-2-23(21,22)18-16-5-3-4-14(12-16)7-6-13-8-10-15(11-9-13)17(19)20/h3-5,8-12,18H,2,6-7H2,1H3,(H,19,20). The van der Waals surface area contributed by atoms with E-state index < -0.39 is 16.0 Å². The fourth-order valence-electron chi connectivity index (χ4n) is 2.14. The number of aryl methyl sites for hydroxylation is 2. The quantitative estimate of drug-likeness (QED) is 0.816. The van der Waals surface area contributed by atoms with Gasteiger partial charge in [0.25, 0.3) is 0 Å². The maximum absolute atomic E-state index is 11.6. The highest BCUT2D eigenvalue weighted by Gasteiger charge is 2.07. The third-order valence-corrected chi connectivity index (χ3v) is 4.79. The second-order valence-electron chi connectivity index (χ2n) is 5.21. The van der Waals surface area contributed by atoms with Crippen molar-refractivity contribution in [1.82, 2.24) is 0 Å². The molecule has 0 spiro atoms. The lowest BCUT2D eigenvalue weighted by Gasteiger charge is -2.08. The van der Waals surface area contributed by atoms with E-state index in [-0.39, 0.29) is 11.3 Å². The summed E-state index contributed by atoms with van der Waals surface area (Å²) in [5.41, 5.74) is 2.88. The minimum Gasteiger partial charge on any atom is -0.478 e. The number of carboxylic acid groups (broad SMARTS) is 1. The molecule has 2 N–H and O–H groups in total. The summed E-state index contributed by atoms with van der Waals surface area (Å²) in [6.45, 7) is 1.59. The molecule has 0 aliphatic heterocycles. The first-order valence-electron chi connectivity index (χ1n) is 7.31. The Morgan fingerprint density at radius 1 is 1.04 bits per heavy atom. The number of rotatable bonds is 7. The lowest BCUT2D eigenvalue weighted by Crippen LogP contribution is -2.14. The van der Waals surface area contributed by atoms with Gasteiger partial charge in [-0.15, -0.1) is 0 Å². The Kier molecular flexibility index (Phi) is 5.39. The van der Waals surface area contributed by atoms with Crippen molar-refractivity contribution in [3.05, 3.63) is 65.2 Å². The maximum atomic E-state index is 11.6. The fraction of sp³-hybridized carbons (Fsp3) is 0.235. The van der Waals surface area contributed by atoms with Crippen LogP contribution in [0, 0.1) is 0 Å². The molecule has 0 radical (unpaired) electrons. The Bertz CT molecular complexity index is 782. The van der Waals surface area contributed by atoms with Gasteiger partial charge < -0.3 is 5.11 Å². The second kappa shape index (κ2) is 7.28. The molecule has 0 aliphatic rings. The number of anilines is 1. The lowest BCUT2D eigenvalue weighted by atomic mass is 10.0. The largest absolute Gasteiger partial charge is 0.478 e. The van der Waals surface area contributed by atoms with Gasteiger partial charge >= 0.3 is 5.97 Å². The summed E-state index contributed by atoms with van der Waals surface area (Å²) in [4.78, 5) is 10.8. The van der Waals surface area contributed by atoms with E-state index in [2.05, 4.69) is 4.72 Å². The molecule has 2 rings (SSSR count). The molecule has 6 heteroatoms. The molecule has 0 atom stereocenters. The first-order valence-corrected chi connectivity index (χ1v) is 8.96. The van der Waals surface area contributed by atoms with Gasteiger partial charge in [0.15, 0.2) is 0 Å². The molecule has 23 heavy (non-hydrogen) atoms. The number of hydrogen-bond donors (Lipinski definition) is 2. The maximum Gasteiger partial charge on any atom is 0.335 e. The highest BCUT2D eigenvalue weighted by atomic mass is 32.2. The predicted molar refractivity (Wildman–Crippen MR) is 90.3 cm³/mol. The minimum atomic E-state index is -3.27. The molecule has 0 saturated heterocycles. The first-order chi connectivity index (χ1) is 10.9. The van der Waals surface area contributed by atoms with Gasteiger partial charge in [-0.05, 0) is 55.2 Å². The van der Waals surface area contributed by atoms with E-state index in [0.717, 1.165) is 24.0 Å². The number of carboxylic acids is 1. The van der Waals surface area contributed by atoms with Gasteiger partial charge in [0.05, 0.1) is 11.3 Å². The molecule has 5 nitrogen and oxygen atoms in total. The number of sulfonamides is 1. The fourth-order valence-corrected chi connectivity index (χ4v) is 2.78. The molecule has 0 aliphatic carbocycles. The highest BCUT2D eigenvalue weighted by molar-refractivity contribution is 7.92. The zero-order valence-electron chi connectivity index (χ0n) is 12.8. The van der Waals surface area contributed by atoms with Crippen LogP contribution in [-0.4, -0.2) is 25.2 Å². The number of aromatic carboxylic acids is 1. The van der Waals surface area contributed by atoms with Gasteiger partial charge in [-0.25, -0.2) is 13.2 Å². The monoisotopic (exact) mass is 333 g/mol. The zero-order chi connectivity index (χ0) is 16.9. The van der Waals surface area contributed by atoms with Crippen LogP contribution in [-0.2, 0) is 22.9 Å². The van der Waals surface area contributed by atoms with Crippen LogP contribution in [0.3, 0.4) is 0 Å². The number of benzene rings is 2. The van der Waals surface area contributed by atoms with Crippen LogP contribution in [0.2, 0.25) is 0 Å². The Morgan fingerprint density at radius 3 is 2.30 bits per heavy atom. The average Bonchev–Trinajstić information content (AvgIpc) is 2.53. The summed E-state index contributed by atoms with van der Waals surface area (Å²) >= 11 is 0. The van der Waals surface area contributed by atoms with Crippen molar-refractivity contribution in [3.63, 3.8) is 0 Å². The van der Waals surface area contributed by atoms with E-state index in [1.807, 2.05) is 18.2 Å². The van der Waals surface area contributed by atoms with Crippen LogP contribution < -0.4 is 4.72 Å². The van der Waals surface area contributed by atoms with E-state index in [0.29, 0.717) is 5.69 Å². The van der Waals surface area contributed by atoms with Gasteiger partial charge in [-0.1, -0.05) is 24.3 Å². The van der Waals surface area contributed by atoms with Gasteiger partial charge in [0, 0.05) is 5.69 Å². The lowest BCUT2D eigenvalue weighted by molar-refractivity contribution is 0.0697. The van der Waals surface area contributed by atoms with Crippen LogP contribution in [0.5, 0.6) is 0 Å². The van der Waals surface area contributed by atoms with E-state index >= 15 is 0 Å². The van der Waals surface area contributed by atoms with E-state index in [4.69, 9.17) is 5.11 Å². The van der Waals surface area contributed by atoms with E-state index in [1.165, 1.54) is 0 Å². The van der Waals surface area contributed by atoms with E-state index in [1.54, 1.807) is 37.3 Å². The highest BCUT2D eigenvalue weighted by Crippen LogP contribution is 2.15. The summed E-state index contributed by atoms with van der Waals surface area (Å²) in [6, 6.07) is 14.1. The van der Waals surface area contributed by atoms with Crippen molar-refractivity contribution in [2.24, 2.45) is 0 Å². The molecule has 0 amide bonds. The summed E-state index contributed by atoms with van der Waals surface area (Å²) in [6.07, 6.45) is 1.50. The van der Waals surface area contributed by atoms with Crippen LogP contribution in [0.15, 0.2) is 48.5 Å². The third-order valence-electron chi connectivity index (χ3n) is 3.48. The van der Waals surface area contributed by atoms with Gasteiger partial charge in [0.2, 0.25) is 10.0 Å². The first kappa shape index (κ1) is 17.0. The molecular formula is C17H19NO4S. The Hall–Kier alpha value is -2.34. The van der Waals surface area contributed by atoms with Crippen molar-refractivity contribution in [1.29, 1.82) is 0 Å². The zero-order valence-corrected chi connectivity index (χ0v) is 13.6. The Balaban J connectivity index is 2.02. The van der Waals surface area contributed by atoms with Crippen molar-refractivity contribution in [2.45, 2.75) is 19.8 Å². The molecule has 2 aromatic rings. The SMILES string of the molecule is CCS(=O)(=O)Nc1cccc(CCc2ccc(C(=O)O)cc2)c1. The average molecular weight is 333 g/mol. The number of carbonyl (C=O) groups is 1. The molecule has 122 valence electrons. The van der Waals surface area contributed by atoms with Gasteiger partial charge in [0.1, 0.15) is 0 Å². The summed E-state index contributed by atoms with van der Waals surface area (Å²) in [5, 5.41) is 8.87. The van der Waals surface area contributed by atoms with Crippen molar-refractivity contribution in [3.8, 4) is 0 Å². The van der Waals surface area contributed by atoms with Crippen molar-refractivity contribution < 1.29 is 18.3 Å². The molecule has 2 aromatic carbocycles. The summed E-state index contributed by atoms with van der Waals surface area (Å²) in [5.74, 6) is -0.903. The normalized spacial score (nSPS) is 11.2. The predicted octanol–water partition coefficient (Wildman–Crippen LogP) is 2.93. The van der Waals surface area contributed by atoms with Gasteiger partial charge in [-0.3, -0.25) is 4.72 Å². The van der Waals surface area contributed by atoms with Crippen LogP contribution in [0.25, 0.3) is 0 Å². The minimum absolute atomic E-state index is 0.0349. The molecule has 0 aromatic heterocycles. The second-order valence-corrected chi connectivity index (χ2v) is 7.22. The third kappa shape index (κ3) is 5.10. The van der Waals surface area contributed by atoms with Crippen molar-refractivity contribution in [2.75, 3.05) is 10.5 Å². The Labute approximate surface area is 136 Å². The van der Waals surface area contributed by atoms with Crippen LogP contribution in [0.1, 0.15) is 28.4 Å². The Morgan fingerprint density at radius 2 is 1.70 bits per heavy atom. The van der Waals surface area contributed by atoms with E-state index in [9.17, 15) is 13.2 Å². The number of nitrogens with one attached hydrogen (secondary N) is 1. The van der Waals surface area contributed by atoms with Crippen LogP contribution in [0.4, 0.5) is 5.69 Å². The topological polar surface area (TPSA) is 83.5 Å². The molecule has 0 unspecified atom stereocenters. The molecule has 0 bridgehead atoms.